The highest BCUT2D eigenvalue weighted by Crippen LogP contribution is 2.13. The molecule has 0 aromatic carbocycles. The Balaban J connectivity index is 2.92. The van der Waals surface area contributed by atoms with Crippen LogP contribution in [0, 0.1) is 0 Å². The third-order valence-electron chi connectivity index (χ3n) is 1.92. The van der Waals surface area contributed by atoms with Crippen LogP contribution >= 0.6 is 11.6 Å². The summed E-state index contributed by atoms with van der Waals surface area (Å²) in [5, 5.41) is 8.51. The molecule has 2 rings (SSSR count). The van der Waals surface area contributed by atoms with Crippen molar-refractivity contribution in [3.8, 4) is 5.75 Å². The molecule has 0 atom stereocenters. The molecule has 0 spiro atoms. The van der Waals surface area contributed by atoms with Crippen molar-refractivity contribution < 1.29 is 9.90 Å². The van der Waals surface area contributed by atoms with Gasteiger partial charge in [0.1, 0.15) is 5.56 Å². The van der Waals surface area contributed by atoms with Crippen LogP contribution < -0.4 is 5.56 Å². The predicted molar refractivity (Wildman–Crippen MR) is 53.3 cm³/mol. The number of rotatable bonds is 1. The summed E-state index contributed by atoms with van der Waals surface area (Å²) in [7, 11) is 0. The lowest BCUT2D eigenvalue weighted by atomic mass is 10.3. The van der Waals surface area contributed by atoms with Gasteiger partial charge < -0.3 is 5.11 Å². The van der Waals surface area contributed by atoms with E-state index < -0.39 is 10.8 Å². The maximum absolute atomic E-state index is 11.6. The Morgan fingerprint density at radius 3 is 2.93 bits per heavy atom. The quantitative estimate of drug-likeness (QED) is 0.727. The van der Waals surface area contributed by atoms with Gasteiger partial charge in [-0.2, -0.15) is 0 Å². The summed E-state index contributed by atoms with van der Waals surface area (Å²) in [6, 6.07) is 2.86. The van der Waals surface area contributed by atoms with Crippen LogP contribution in [0.5, 0.6) is 5.75 Å². The molecule has 0 radical (unpaired) electrons. The average molecular weight is 225 g/mol. The summed E-state index contributed by atoms with van der Waals surface area (Å²) in [5.74, 6) is -0.136. The molecule has 0 unspecified atom stereocenters. The number of carbonyl (C=O) groups is 1. The van der Waals surface area contributed by atoms with Gasteiger partial charge in [-0.05, 0) is 23.7 Å². The first-order valence-corrected chi connectivity index (χ1v) is 4.38. The molecule has 0 saturated carbocycles. The summed E-state index contributed by atoms with van der Waals surface area (Å²) in [6.45, 7) is 0. The van der Waals surface area contributed by atoms with Crippen LogP contribution in [0.25, 0.3) is 5.65 Å². The van der Waals surface area contributed by atoms with E-state index in [0.29, 0.717) is 0 Å². The van der Waals surface area contributed by atoms with Gasteiger partial charge in [-0.15, -0.1) is 0 Å². The third kappa shape index (κ3) is 1.46. The molecular formula is C9H5ClN2O3. The molecule has 0 amide bonds. The van der Waals surface area contributed by atoms with Crippen molar-refractivity contribution in [2.24, 2.45) is 0 Å². The Morgan fingerprint density at radius 2 is 2.27 bits per heavy atom. The monoisotopic (exact) mass is 224 g/mol. The van der Waals surface area contributed by atoms with Gasteiger partial charge in [-0.3, -0.25) is 14.0 Å². The second kappa shape index (κ2) is 3.36. The summed E-state index contributed by atoms with van der Waals surface area (Å²) < 4.78 is 1.06. The van der Waals surface area contributed by atoms with Crippen LogP contribution in [0.2, 0.25) is 0 Å². The zero-order valence-electron chi connectivity index (χ0n) is 7.35. The van der Waals surface area contributed by atoms with Crippen molar-refractivity contribution in [2.75, 3.05) is 0 Å². The minimum absolute atomic E-state index is 0.0872. The van der Waals surface area contributed by atoms with Crippen molar-refractivity contribution in [3.05, 3.63) is 40.4 Å². The number of halogens is 1. The number of nitrogens with zero attached hydrogens (tertiary/aromatic N) is 2. The van der Waals surface area contributed by atoms with E-state index in [1.807, 2.05) is 0 Å². The molecule has 6 heteroatoms. The van der Waals surface area contributed by atoms with E-state index in [0.717, 1.165) is 10.6 Å². The minimum atomic E-state index is -0.870. The van der Waals surface area contributed by atoms with E-state index in [1.165, 1.54) is 18.3 Å². The maximum atomic E-state index is 11.6. The normalized spacial score (nSPS) is 10.5. The SMILES string of the molecule is O=C(Cl)c1cnc2c(O)cccn2c1=O. The zero-order chi connectivity index (χ0) is 11.0. The highest BCUT2D eigenvalue weighted by molar-refractivity contribution is 6.67. The summed E-state index contributed by atoms with van der Waals surface area (Å²) in [4.78, 5) is 26.2. The molecule has 2 heterocycles. The van der Waals surface area contributed by atoms with Crippen LogP contribution in [-0.4, -0.2) is 19.7 Å². The van der Waals surface area contributed by atoms with Crippen molar-refractivity contribution >= 4 is 22.5 Å². The van der Waals surface area contributed by atoms with E-state index in [4.69, 9.17) is 11.6 Å². The number of pyridine rings is 1. The molecular weight excluding hydrogens is 220 g/mol. The first kappa shape index (κ1) is 9.67. The molecule has 15 heavy (non-hydrogen) atoms. The lowest BCUT2D eigenvalue weighted by molar-refractivity contribution is 0.107. The number of hydrogen-bond donors (Lipinski definition) is 1. The fourth-order valence-corrected chi connectivity index (χ4v) is 1.36. The molecule has 0 aliphatic heterocycles. The number of fused-ring (bicyclic) bond motifs is 1. The topological polar surface area (TPSA) is 71.7 Å². The highest BCUT2D eigenvalue weighted by Gasteiger charge is 2.11. The lowest BCUT2D eigenvalue weighted by Crippen LogP contribution is -2.20. The molecule has 0 bridgehead atoms. The van der Waals surface area contributed by atoms with Crippen LogP contribution in [0.1, 0.15) is 10.4 Å². The molecule has 0 aliphatic rings. The van der Waals surface area contributed by atoms with Crippen molar-refractivity contribution in [2.45, 2.75) is 0 Å². The van der Waals surface area contributed by atoms with E-state index in [2.05, 4.69) is 4.98 Å². The molecule has 0 saturated heterocycles. The standard InChI is InChI=1S/C9H5ClN2O3/c10-7(14)5-4-11-8-6(13)2-1-3-12(8)9(5)15/h1-4,13H. The number of aromatic hydroxyl groups is 1. The summed E-state index contributed by atoms with van der Waals surface area (Å²) >= 11 is 5.19. The third-order valence-corrected chi connectivity index (χ3v) is 2.13. The van der Waals surface area contributed by atoms with Gasteiger partial charge >= 0.3 is 0 Å². The van der Waals surface area contributed by atoms with Gasteiger partial charge in [0.15, 0.2) is 11.4 Å². The van der Waals surface area contributed by atoms with Gasteiger partial charge in [-0.1, -0.05) is 0 Å². The smallest absolute Gasteiger partial charge is 0.270 e. The second-order valence-corrected chi connectivity index (χ2v) is 3.18. The van der Waals surface area contributed by atoms with Crippen molar-refractivity contribution in [1.82, 2.24) is 9.38 Å². The van der Waals surface area contributed by atoms with Gasteiger partial charge in [0.25, 0.3) is 10.8 Å². The minimum Gasteiger partial charge on any atom is -0.504 e. The fraction of sp³-hybridized carbons (Fsp3) is 0. The van der Waals surface area contributed by atoms with Gasteiger partial charge in [-0.25, -0.2) is 4.98 Å². The lowest BCUT2D eigenvalue weighted by Gasteiger charge is -2.01. The Kier molecular flexibility index (Phi) is 2.17. The summed E-state index contributed by atoms with van der Waals surface area (Å²) in [5.41, 5.74) is -0.736. The molecule has 2 aromatic heterocycles. The van der Waals surface area contributed by atoms with E-state index in [1.54, 1.807) is 0 Å². The molecule has 1 N–H and O–H groups in total. The summed E-state index contributed by atoms with van der Waals surface area (Å²) in [6.07, 6.45) is 2.44. The number of hydrogen-bond acceptors (Lipinski definition) is 4. The van der Waals surface area contributed by atoms with Crippen LogP contribution in [0.3, 0.4) is 0 Å². The Morgan fingerprint density at radius 1 is 1.53 bits per heavy atom. The van der Waals surface area contributed by atoms with Crippen molar-refractivity contribution in [1.29, 1.82) is 0 Å². The van der Waals surface area contributed by atoms with Crippen LogP contribution in [-0.2, 0) is 0 Å². The highest BCUT2D eigenvalue weighted by atomic mass is 35.5. The van der Waals surface area contributed by atoms with Gasteiger partial charge in [0.2, 0.25) is 0 Å². The largest absolute Gasteiger partial charge is 0.504 e. The van der Waals surface area contributed by atoms with Gasteiger partial charge in [0.05, 0.1) is 0 Å². The van der Waals surface area contributed by atoms with Crippen molar-refractivity contribution in [3.63, 3.8) is 0 Å². The fourth-order valence-electron chi connectivity index (χ4n) is 1.23. The Hall–Kier alpha value is -1.88. The van der Waals surface area contributed by atoms with E-state index >= 15 is 0 Å². The number of carbonyl (C=O) groups excluding carboxylic acids is 1. The molecule has 5 nitrogen and oxygen atoms in total. The second-order valence-electron chi connectivity index (χ2n) is 2.84. The molecule has 2 aromatic rings. The van der Waals surface area contributed by atoms with E-state index in [-0.39, 0.29) is 17.0 Å². The van der Waals surface area contributed by atoms with Gasteiger partial charge in [0, 0.05) is 12.4 Å². The Labute approximate surface area is 88.6 Å². The zero-order valence-corrected chi connectivity index (χ0v) is 8.10. The maximum Gasteiger partial charge on any atom is 0.270 e. The first-order chi connectivity index (χ1) is 7.11. The molecule has 0 fully saturated rings. The average Bonchev–Trinajstić information content (AvgIpc) is 2.19. The Bertz CT molecular complexity index is 606. The number of aromatic nitrogens is 2. The molecule has 76 valence electrons. The van der Waals surface area contributed by atoms with E-state index in [9.17, 15) is 14.7 Å². The van der Waals surface area contributed by atoms with Crippen LogP contribution in [0.4, 0.5) is 0 Å². The predicted octanol–water partition coefficient (Wildman–Crippen LogP) is 0.779. The van der Waals surface area contributed by atoms with Crippen LogP contribution in [0.15, 0.2) is 29.3 Å². The first-order valence-electron chi connectivity index (χ1n) is 4.00. The molecule has 0 aliphatic carbocycles.